The van der Waals surface area contributed by atoms with E-state index >= 15 is 0 Å². The molecule has 0 saturated heterocycles. The second-order valence-electron chi connectivity index (χ2n) is 19.6. The lowest BCUT2D eigenvalue weighted by Gasteiger charge is -2.32. The van der Waals surface area contributed by atoms with Crippen molar-refractivity contribution in [3.8, 4) is 33.4 Å². The van der Waals surface area contributed by atoms with E-state index in [1.807, 2.05) is 0 Å². The van der Waals surface area contributed by atoms with Crippen molar-refractivity contribution in [2.45, 2.75) is 77.6 Å². The smallest absolute Gasteiger partial charge is 0.0617 e. The quantitative estimate of drug-likeness (QED) is 0.148. The van der Waals surface area contributed by atoms with Crippen LogP contribution in [0, 0.1) is 5.92 Å². The molecule has 2 aliphatic rings. The van der Waals surface area contributed by atoms with Crippen molar-refractivity contribution in [3.05, 3.63) is 205 Å². The fraction of sp³-hybridized carbons (Fsp3) is 0.206. The molecule has 2 nitrogen and oxygen atoms in total. The summed E-state index contributed by atoms with van der Waals surface area (Å²) in [6.45, 7) is 9.20. The first-order valence-corrected chi connectivity index (χ1v) is 23.9. The molecule has 1 saturated carbocycles. The highest BCUT2D eigenvalue weighted by Crippen LogP contribution is 2.51. The molecule has 11 rings (SSSR count). The number of aromatic nitrogens is 1. The summed E-state index contributed by atoms with van der Waals surface area (Å²) in [5, 5.41) is 5.26. The van der Waals surface area contributed by atoms with Gasteiger partial charge in [0.1, 0.15) is 0 Å². The van der Waals surface area contributed by atoms with E-state index in [0.717, 1.165) is 23.5 Å². The summed E-state index contributed by atoms with van der Waals surface area (Å²) >= 11 is 0. The van der Waals surface area contributed by atoms with Gasteiger partial charge in [-0.2, -0.15) is 0 Å². The predicted molar refractivity (Wildman–Crippen MR) is 280 cm³/mol. The molecule has 65 heavy (non-hydrogen) atoms. The molecule has 9 aromatic rings. The molecule has 1 heterocycles. The third-order valence-electron chi connectivity index (χ3n) is 14.3. The minimum Gasteiger partial charge on any atom is -0.312 e. The molecule has 1 atom stereocenters. The number of benzene rings is 8. The molecular formula is C63H58N2. The molecule has 0 spiro atoms. The zero-order chi connectivity index (χ0) is 44.1. The lowest BCUT2D eigenvalue weighted by atomic mass is 9.80. The number of anilines is 3. The van der Waals surface area contributed by atoms with Crippen molar-refractivity contribution in [2.24, 2.45) is 5.92 Å². The average Bonchev–Trinajstić information content (AvgIpc) is 3.69. The maximum absolute atomic E-state index is 2.58. The fourth-order valence-corrected chi connectivity index (χ4v) is 11.1. The van der Waals surface area contributed by atoms with Crippen LogP contribution in [0.2, 0.25) is 0 Å². The summed E-state index contributed by atoms with van der Waals surface area (Å²) in [5.41, 5.74) is 17.5. The zero-order valence-electron chi connectivity index (χ0n) is 38.3. The van der Waals surface area contributed by atoms with E-state index < -0.39 is 0 Å². The molecule has 1 aromatic heterocycles. The van der Waals surface area contributed by atoms with Crippen LogP contribution in [0.1, 0.15) is 83.3 Å². The Morgan fingerprint density at radius 1 is 0.523 bits per heavy atom. The number of para-hydroxylation sites is 5. The van der Waals surface area contributed by atoms with E-state index in [9.17, 15) is 0 Å². The summed E-state index contributed by atoms with van der Waals surface area (Å²) in [7, 11) is 0. The monoisotopic (exact) mass is 842 g/mol. The van der Waals surface area contributed by atoms with Crippen LogP contribution in [0.3, 0.4) is 0 Å². The Morgan fingerprint density at radius 3 is 1.80 bits per heavy atom. The molecule has 2 aliphatic carbocycles. The van der Waals surface area contributed by atoms with Crippen LogP contribution in [0.25, 0.3) is 71.7 Å². The van der Waals surface area contributed by atoms with Crippen LogP contribution in [0.5, 0.6) is 0 Å². The van der Waals surface area contributed by atoms with E-state index in [-0.39, 0.29) is 5.41 Å². The second-order valence-corrected chi connectivity index (χ2v) is 19.6. The number of allylic oxidation sites excluding steroid dienone is 4. The zero-order valence-corrected chi connectivity index (χ0v) is 38.3. The molecule has 1 fully saturated rings. The van der Waals surface area contributed by atoms with Gasteiger partial charge in [0.25, 0.3) is 0 Å². The van der Waals surface area contributed by atoms with E-state index in [1.165, 1.54) is 115 Å². The van der Waals surface area contributed by atoms with Gasteiger partial charge in [-0.25, -0.2) is 0 Å². The molecule has 0 radical (unpaired) electrons. The fourth-order valence-electron chi connectivity index (χ4n) is 11.1. The Morgan fingerprint density at radius 2 is 1.09 bits per heavy atom. The molecule has 0 N–H and O–H groups in total. The van der Waals surface area contributed by atoms with Crippen LogP contribution in [-0.4, -0.2) is 4.57 Å². The molecule has 1 unspecified atom stereocenters. The number of rotatable bonds is 8. The van der Waals surface area contributed by atoms with Gasteiger partial charge in [-0.1, -0.05) is 211 Å². The Labute approximate surface area is 385 Å². The van der Waals surface area contributed by atoms with Gasteiger partial charge in [-0.15, -0.1) is 0 Å². The first-order valence-electron chi connectivity index (χ1n) is 23.9. The molecular weight excluding hydrogens is 785 g/mol. The van der Waals surface area contributed by atoms with Gasteiger partial charge in [-0.3, -0.25) is 0 Å². The Bertz CT molecular complexity index is 3270. The largest absolute Gasteiger partial charge is 0.312 e. The molecule has 2 heteroatoms. The maximum atomic E-state index is 2.58. The minimum absolute atomic E-state index is 0.0579. The topological polar surface area (TPSA) is 8.17 Å². The third kappa shape index (κ3) is 7.40. The van der Waals surface area contributed by atoms with Crippen molar-refractivity contribution in [1.82, 2.24) is 4.57 Å². The third-order valence-corrected chi connectivity index (χ3v) is 14.3. The van der Waals surface area contributed by atoms with Crippen molar-refractivity contribution < 1.29 is 0 Å². The highest BCUT2D eigenvalue weighted by atomic mass is 15.2. The van der Waals surface area contributed by atoms with Gasteiger partial charge in [0.05, 0.1) is 28.1 Å². The van der Waals surface area contributed by atoms with Crippen molar-refractivity contribution in [3.63, 3.8) is 0 Å². The standard InChI is InChI=1S/C63H58N2/c1-43-20-16-25-48(42-43)64-58-35-13-10-28-52(58)55-32-19-33-56(62(55)64)53-29-11-15-37-60(53)65(57-34-12-8-26-49(57)45-38-40-47(41-39-45)63(2,3)4)59-36-14-9-27-51(59)54-31-18-24-46-23-17-30-50(61(46)54)44-21-6-5-7-22-44/h8-20,23-41,43-44H,5-7,21-22,42H2,1-4H3. The Hall–Kier alpha value is -6.90. The van der Waals surface area contributed by atoms with Crippen LogP contribution >= 0.6 is 0 Å². The number of fused-ring (bicyclic) bond motifs is 4. The molecule has 0 amide bonds. The lowest BCUT2D eigenvalue weighted by Crippen LogP contribution is -2.14. The van der Waals surface area contributed by atoms with Gasteiger partial charge in [0.15, 0.2) is 0 Å². The van der Waals surface area contributed by atoms with Crippen molar-refractivity contribution >= 4 is 55.3 Å². The van der Waals surface area contributed by atoms with E-state index in [2.05, 4.69) is 231 Å². The van der Waals surface area contributed by atoms with E-state index in [0.29, 0.717) is 11.8 Å². The van der Waals surface area contributed by atoms with Crippen LogP contribution in [0.15, 0.2) is 194 Å². The first kappa shape index (κ1) is 40.8. The first-order chi connectivity index (χ1) is 31.8. The van der Waals surface area contributed by atoms with Gasteiger partial charge >= 0.3 is 0 Å². The highest BCUT2D eigenvalue weighted by molar-refractivity contribution is 6.16. The molecule has 0 bridgehead atoms. The average molecular weight is 843 g/mol. The maximum Gasteiger partial charge on any atom is 0.0617 e. The lowest BCUT2D eigenvalue weighted by molar-refractivity contribution is 0.445. The van der Waals surface area contributed by atoms with Gasteiger partial charge in [0.2, 0.25) is 0 Å². The summed E-state index contributed by atoms with van der Waals surface area (Å²) in [5.74, 6) is 1.03. The predicted octanol–water partition coefficient (Wildman–Crippen LogP) is 18.2. The summed E-state index contributed by atoms with van der Waals surface area (Å²) in [6, 6.07) is 66.5. The van der Waals surface area contributed by atoms with Crippen LogP contribution < -0.4 is 4.90 Å². The van der Waals surface area contributed by atoms with Crippen molar-refractivity contribution in [1.29, 1.82) is 0 Å². The Balaban J connectivity index is 1.20. The van der Waals surface area contributed by atoms with Crippen molar-refractivity contribution in [2.75, 3.05) is 4.90 Å². The highest BCUT2D eigenvalue weighted by Gasteiger charge is 2.27. The SMILES string of the molecule is CC1C=CC=C(n2c3ccccc3c3cccc(-c4ccccc4N(c4ccccc4-c4ccc(C(C)(C)C)cc4)c4ccccc4-c4cccc5cccc(C6CCCCC6)c45)c32)C1. The minimum atomic E-state index is 0.0579. The van der Waals surface area contributed by atoms with Gasteiger partial charge < -0.3 is 9.47 Å². The molecule has 8 aromatic carbocycles. The van der Waals surface area contributed by atoms with Crippen LogP contribution in [-0.2, 0) is 5.41 Å². The normalized spacial score (nSPS) is 15.8. The number of hydrogen-bond donors (Lipinski definition) is 0. The summed E-state index contributed by atoms with van der Waals surface area (Å²) in [6.07, 6.45) is 14.3. The Kier molecular flexibility index (Phi) is 10.6. The molecule has 0 aliphatic heterocycles. The number of hydrogen-bond acceptors (Lipinski definition) is 1. The van der Waals surface area contributed by atoms with Gasteiger partial charge in [-0.05, 0) is 99.9 Å². The summed E-state index contributed by atoms with van der Waals surface area (Å²) in [4.78, 5) is 2.58. The molecule has 320 valence electrons. The van der Waals surface area contributed by atoms with E-state index in [1.54, 1.807) is 0 Å². The summed E-state index contributed by atoms with van der Waals surface area (Å²) < 4.78 is 2.56. The number of nitrogens with zero attached hydrogens (tertiary/aromatic N) is 2. The van der Waals surface area contributed by atoms with Gasteiger partial charge in [0, 0.05) is 38.7 Å². The van der Waals surface area contributed by atoms with E-state index in [4.69, 9.17) is 0 Å². The van der Waals surface area contributed by atoms with Crippen LogP contribution in [0.4, 0.5) is 17.1 Å². The second kappa shape index (κ2) is 16.9.